The Morgan fingerprint density at radius 1 is 1.35 bits per heavy atom. The van der Waals surface area contributed by atoms with Crippen LogP contribution >= 0.6 is 23.2 Å². The molecule has 0 spiro atoms. The van der Waals surface area contributed by atoms with E-state index in [0.29, 0.717) is 10.8 Å². The van der Waals surface area contributed by atoms with Crippen LogP contribution in [0.25, 0.3) is 0 Å². The van der Waals surface area contributed by atoms with Crippen molar-refractivity contribution in [2.24, 2.45) is 0 Å². The Labute approximate surface area is 128 Å². The van der Waals surface area contributed by atoms with Gasteiger partial charge in [-0.2, -0.15) is 4.98 Å². The molecule has 0 radical (unpaired) electrons. The highest BCUT2D eigenvalue weighted by molar-refractivity contribution is 6.33. The van der Waals surface area contributed by atoms with E-state index in [9.17, 15) is 0 Å². The number of anilines is 2. The van der Waals surface area contributed by atoms with Crippen LogP contribution in [0, 0.1) is 0 Å². The second-order valence-corrected chi connectivity index (χ2v) is 5.07. The van der Waals surface area contributed by atoms with E-state index in [1.54, 1.807) is 0 Å². The third kappa shape index (κ3) is 3.99. The van der Waals surface area contributed by atoms with Crippen molar-refractivity contribution in [1.29, 1.82) is 0 Å². The molecule has 1 aromatic carbocycles. The van der Waals surface area contributed by atoms with Crippen LogP contribution in [0.4, 0.5) is 11.5 Å². The fraction of sp³-hybridized carbons (Fsp3) is 0.286. The van der Waals surface area contributed by atoms with Crippen molar-refractivity contribution in [3.05, 3.63) is 40.8 Å². The predicted molar refractivity (Wildman–Crippen MR) is 82.2 cm³/mol. The van der Waals surface area contributed by atoms with Gasteiger partial charge in [-0.25, -0.2) is 4.98 Å². The van der Waals surface area contributed by atoms with Crippen LogP contribution in [0.3, 0.4) is 0 Å². The highest BCUT2D eigenvalue weighted by Gasteiger charge is 2.06. The summed E-state index contributed by atoms with van der Waals surface area (Å²) in [5.74, 6) is 1.26. The molecule has 1 heterocycles. The van der Waals surface area contributed by atoms with Gasteiger partial charge in [0.1, 0.15) is 10.8 Å². The molecule has 2 rings (SSSR count). The first kappa shape index (κ1) is 14.9. The molecule has 0 aliphatic rings. The molecule has 106 valence electrons. The van der Waals surface area contributed by atoms with E-state index in [1.807, 2.05) is 31.2 Å². The Balaban J connectivity index is 2.17. The summed E-state index contributed by atoms with van der Waals surface area (Å²) in [6, 6.07) is 7.59. The van der Waals surface area contributed by atoms with E-state index < -0.39 is 0 Å². The van der Waals surface area contributed by atoms with Crippen LogP contribution in [0.2, 0.25) is 10.3 Å². The normalized spacial score (nSPS) is 12.0. The van der Waals surface area contributed by atoms with Crippen molar-refractivity contribution in [1.82, 2.24) is 9.97 Å². The molecule has 2 aromatic rings. The largest absolute Gasteiger partial charge is 0.491 e. The van der Waals surface area contributed by atoms with Crippen LogP contribution in [-0.4, -0.2) is 16.1 Å². The SMILES string of the molecule is CCC(C)Oc1cccc(Nc2nc(Cl)ncc2Cl)c1. The van der Waals surface area contributed by atoms with E-state index in [2.05, 4.69) is 22.2 Å². The van der Waals surface area contributed by atoms with E-state index >= 15 is 0 Å². The molecule has 0 bridgehead atoms. The lowest BCUT2D eigenvalue weighted by Crippen LogP contribution is -2.09. The van der Waals surface area contributed by atoms with Gasteiger partial charge in [0, 0.05) is 11.8 Å². The summed E-state index contributed by atoms with van der Waals surface area (Å²) in [6.07, 6.45) is 2.58. The summed E-state index contributed by atoms with van der Waals surface area (Å²) in [4.78, 5) is 7.85. The molecule has 20 heavy (non-hydrogen) atoms. The molecule has 6 heteroatoms. The molecule has 0 amide bonds. The lowest BCUT2D eigenvalue weighted by Gasteiger charge is -2.14. The van der Waals surface area contributed by atoms with E-state index in [0.717, 1.165) is 17.9 Å². The molecule has 0 fully saturated rings. The number of rotatable bonds is 5. The van der Waals surface area contributed by atoms with Crippen LogP contribution in [0.15, 0.2) is 30.5 Å². The minimum atomic E-state index is 0.143. The molecular weight excluding hydrogens is 297 g/mol. The average molecular weight is 312 g/mol. The lowest BCUT2D eigenvalue weighted by molar-refractivity contribution is 0.217. The van der Waals surface area contributed by atoms with Crippen molar-refractivity contribution in [3.63, 3.8) is 0 Å². The Morgan fingerprint density at radius 3 is 2.90 bits per heavy atom. The summed E-state index contributed by atoms with van der Waals surface area (Å²) in [6.45, 7) is 4.11. The summed E-state index contributed by atoms with van der Waals surface area (Å²) < 4.78 is 5.76. The van der Waals surface area contributed by atoms with Crippen molar-refractivity contribution in [3.8, 4) is 5.75 Å². The maximum atomic E-state index is 6.02. The van der Waals surface area contributed by atoms with Gasteiger partial charge in [-0.3, -0.25) is 0 Å². The second kappa shape index (κ2) is 6.77. The number of nitrogens with one attached hydrogen (secondary N) is 1. The summed E-state index contributed by atoms with van der Waals surface area (Å²) in [5, 5.41) is 3.64. The molecule has 1 aromatic heterocycles. The quantitative estimate of drug-likeness (QED) is 0.813. The zero-order valence-corrected chi connectivity index (χ0v) is 12.7. The third-order valence-electron chi connectivity index (χ3n) is 2.72. The van der Waals surface area contributed by atoms with Crippen molar-refractivity contribution in [2.45, 2.75) is 26.4 Å². The number of ether oxygens (including phenoxy) is 1. The molecule has 0 aliphatic heterocycles. The van der Waals surface area contributed by atoms with Crippen molar-refractivity contribution < 1.29 is 4.74 Å². The Hall–Kier alpha value is -1.52. The molecule has 4 nitrogen and oxygen atoms in total. The van der Waals surface area contributed by atoms with Crippen LogP contribution in [0.5, 0.6) is 5.75 Å². The van der Waals surface area contributed by atoms with Gasteiger partial charge in [0.2, 0.25) is 5.28 Å². The fourth-order valence-corrected chi connectivity index (χ4v) is 1.80. The average Bonchev–Trinajstić information content (AvgIpc) is 2.43. The maximum absolute atomic E-state index is 6.02. The zero-order chi connectivity index (χ0) is 14.5. The van der Waals surface area contributed by atoms with Crippen molar-refractivity contribution in [2.75, 3.05) is 5.32 Å². The number of aromatic nitrogens is 2. The molecule has 0 saturated carbocycles. The van der Waals surface area contributed by atoms with Gasteiger partial charge in [-0.1, -0.05) is 24.6 Å². The first-order valence-electron chi connectivity index (χ1n) is 6.30. The van der Waals surface area contributed by atoms with Gasteiger partial charge in [-0.05, 0) is 37.1 Å². The van der Waals surface area contributed by atoms with Gasteiger partial charge in [-0.15, -0.1) is 0 Å². The summed E-state index contributed by atoms with van der Waals surface area (Å²) >= 11 is 11.8. The standard InChI is InChI=1S/C14H15Cl2N3O/c1-3-9(2)20-11-6-4-5-10(7-11)18-13-12(15)8-17-14(16)19-13/h4-9H,3H2,1-2H3,(H,17,18,19). The molecule has 1 atom stereocenters. The minimum absolute atomic E-state index is 0.143. The number of nitrogens with zero attached hydrogens (tertiary/aromatic N) is 2. The molecular formula is C14H15Cl2N3O. The molecule has 0 aliphatic carbocycles. The van der Waals surface area contributed by atoms with Gasteiger partial charge in [0.15, 0.2) is 5.82 Å². The highest BCUT2D eigenvalue weighted by atomic mass is 35.5. The maximum Gasteiger partial charge on any atom is 0.224 e. The van der Waals surface area contributed by atoms with Gasteiger partial charge >= 0.3 is 0 Å². The first-order chi connectivity index (χ1) is 9.58. The zero-order valence-electron chi connectivity index (χ0n) is 11.2. The molecule has 1 unspecified atom stereocenters. The Kier molecular flexibility index (Phi) is 5.04. The predicted octanol–water partition coefficient (Wildman–Crippen LogP) is 4.70. The van der Waals surface area contributed by atoms with Crippen LogP contribution in [0.1, 0.15) is 20.3 Å². The first-order valence-corrected chi connectivity index (χ1v) is 7.06. The summed E-state index contributed by atoms with van der Waals surface area (Å²) in [7, 11) is 0. The van der Waals surface area contributed by atoms with E-state index in [-0.39, 0.29) is 11.4 Å². The van der Waals surface area contributed by atoms with Crippen molar-refractivity contribution >= 4 is 34.7 Å². The van der Waals surface area contributed by atoms with Gasteiger partial charge < -0.3 is 10.1 Å². The van der Waals surface area contributed by atoms with Crippen LogP contribution < -0.4 is 10.1 Å². The number of hydrogen-bond donors (Lipinski definition) is 1. The van der Waals surface area contributed by atoms with Gasteiger partial charge in [0.05, 0.1) is 12.3 Å². The Bertz CT molecular complexity index is 592. The molecule has 0 saturated heterocycles. The van der Waals surface area contributed by atoms with E-state index in [1.165, 1.54) is 6.20 Å². The minimum Gasteiger partial charge on any atom is -0.491 e. The number of halogens is 2. The highest BCUT2D eigenvalue weighted by Crippen LogP contribution is 2.26. The van der Waals surface area contributed by atoms with E-state index in [4.69, 9.17) is 27.9 Å². The van der Waals surface area contributed by atoms with Gasteiger partial charge in [0.25, 0.3) is 0 Å². The lowest BCUT2D eigenvalue weighted by atomic mass is 10.2. The number of benzene rings is 1. The molecule has 1 N–H and O–H groups in total. The Morgan fingerprint density at radius 2 is 2.15 bits per heavy atom. The van der Waals surface area contributed by atoms with Crippen LogP contribution in [-0.2, 0) is 0 Å². The third-order valence-corrected chi connectivity index (χ3v) is 3.18. The second-order valence-electron chi connectivity index (χ2n) is 4.33. The summed E-state index contributed by atoms with van der Waals surface area (Å²) in [5.41, 5.74) is 0.822. The monoisotopic (exact) mass is 311 g/mol. The smallest absolute Gasteiger partial charge is 0.224 e. The fourth-order valence-electron chi connectivity index (χ4n) is 1.53. The number of hydrogen-bond acceptors (Lipinski definition) is 4. The topological polar surface area (TPSA) is 47.0 Å².